The summed E-state index contributed by atoms with van der Waals surface area (Å²) in [5.41, 5.74) is 1.14. The Morgan fingerprint density at radius 3 is 2.31 bits per heavy atom. The highest BCUT2D eigenvalue weighted by atomic mass is 32.2. The third-order valence-electron chi connectivity index (χ3n) is 5.70. The van der Waals surface area contributed by atoms with Gasteiger partial charge in [0, 0.05) is 25.0 Å². The largest absolute Gasteiger partial charge is 0.497 e. The maximum absolute atomic E-state index is 13.0. The van der Waals surface area contributed by atoms with Gasteiger partial charge in [-0.1, -0.05) is 37.3 Å². The van der Waals surface area contributed by atoms with E-state index < -0.39 is 15.4 Å². The Hall–Kier alpha value is -2.38. The van der Waals surface area contributed by atoms with Crippen LogP contribution in [0, 0.1) is 12.3 Å². The molecule has 2 aromatic carbocycles. The molecule has 1 heterocycles. The molecule has 7 heteroatoms. The number of carbonyl (C=O) groups is 1. The molecule has 1 saturated heterocycles. The van der Waals surface area contributed by atoms with Crippen molar-refractivity contribution in [3.8, 4) is 5.75 Å². The van der Waals surface area contributed by atoms with Gasteiger partial charge in [-0.3, -0.25) is 4.79 Å². The molecule has 1 aliphatic heterocycles. The Morgan fingerprint density at radius 2 is 1.72 bits per heavy atom. The smallest absolute Gasteiger partial charge is 0.243 e. The molecule has 1 amide bonds. The van der Waals surface area contributed by atoms with Crippen LogP contribution in [0.4, 0.5) is 0 Å². The lowest BCUT2D eigenvalue weighted by Gasteiger charge is -2.37. The van der Waals surface area contributed by atoms with Crippen molar-refractivity contribution in [2.75, 3.05) is 20.2 Å². The summed E-state index contributed by atoms with van der Waals surface area (Å²) in [7, 11) is -1.93. The predicted octanol–water partition coefficient (Wildman–Crippen LogP) is 3.11. The zero-order valence-corrected chi connectivity index (χ0v) is 18.0. The van der Waals surface area contributed by atoms with E-state index in [9.17, 15) is 13.2 Å². The molecule has 156 valence electrons. The number of benzene rings is 2. The number of methoxy groups -OCH3 is 1. The van der Waals surface area contributed by atoms with Gasteiger partial charge in [0.25, 0.3) is 0 Å². The summed E-state index contributed by atoms with van der Waals surface area (Å²) in [5, 5.41) is 2.99. The van der Waals surface area contributed by atoms with Crippen LogP contribution in [0.1, 0.15) is 30.9 Å². The first-order valence-corrected chi connectivity index (χ1v) is 11.2. The molecular formula is C22H28N2O4S. The molecule has 0 saturated carbocycles. The molecule has 1 fully saturated rings. The van der Waals surface area contributed by atoms with Crippen LogP contribution in [0.2, 0.25) is 0 Å². The van der Waals surface area contributed by atoms with E-state index in [0.29, 0.717) is 37.4 Å². The molecule has 0 aliphatic carbocycles. The van der Waals surface area contributed by atoms with E-state index in [2.05, 4.69) is 5.32 Å². The van der Waals surface area contributed by atoms with Crippen molar-refractivity contribution in [2.45, 2.75) is 38.1 Å². The molecule has 29 heavy (non-hydrogen) atoms. The lowest BCUT2D eigenvalue weighted by Crippen LogP contribution is -2.48. The number of aryl methyl sites for hydroxylation is 1. The third-order valence-corrected chi connectivity index (χ3v) is 7.76. The van der Waals surface area contributed by atoms with E-state index in [4.69, 9.17) is 4.74 Å². The molecule has 0 radical (unpaired) electrons. The van der Waals surface area contributed by atoms with Crippen molar-refractivity contribution < 1.29 is 17.9 Å². The molecule has 3 rings (SSSR count). The molecule has 0 unspecified atom stereocenters. The molecular weight excluding hydrogens is 388 g/mol. The van der Waals surface area contributed by atoms with Crippen molar-refractivity contribution in [3.63, 3.8) is 0 Å². The molecule has 1 N–H and O–H groups in total. The van der Waals surface area contributed by atoms with Crippen LogP contribution < -0.4 is 10.1 Å². The van der Waals surface area contributed by atoms with Gasteiger partial charge in [0.2, 0.25) is 15.9 Å². The normalized spacial score (nSPS) is 16.9. The molecule has 0 bridgehead atoms. The zero-order chi connectivity index (χ0) is 21.1. The van der Waals surface area contributed by atoms with Gasteiger partial charge >= 0.3 is 0 Å². The molecule has 0 spiro atoms. The van der Waals surface area contributed by atoms with Crippen LogP contribution in [-0.4, -0.2) is 38.8 Å². The molecule has 6 nitrogen and oxygen atoms in total. The van der Waals surface area contributed by atoms with Crippen LogP contribution >= 0.6 is 0 Å². The molecule has 0 atom stereocenters. The average molecular weight is 417 g/mol. The Labute approximate surface area is 172 Å². The molecule has 0 aromatic heterocycles. The minimum absolute atomic E-state index is 0.0405. The van der Waals surface area contributed by atoms with Gasteiger partial charge in [0.1, 0.15) is 5.75 Å². The highest BCUT2D eigenvalue weighted by molar-refractivity contribution is 7.89. The summed E-state index contributed by atoms with van der Waals surface area (Å²) in [5.74, 6) is 0.732. The SMILES string of the molecule is COc1ccc(CNC(=O)C2(C)CCN(S(=O)(=O)c3ccccc3C)CC2)cc1. The number of piperidine rings is 1. The van der Waals surface area contributed by atoms with Gasteiger partial charge in [-0.15, -0.1) is 0 Å². The van der Waals surface area contributed by atoms with Gasteiger partial charge in [-0.05, 0) is 49.1 Å². The van der Waals surface area contributed by atoms with Crippen molar-refractivity contribution in [3.05, 3.63) is 59.7 Å². The Balaban J connectivity index is 1.60. The van der Waals surface area contributed by atoms with Gasteiger partial charge < -0.3 is 10.1 Å². The van der Waals surface area contributed by atoms with Gasteiger partial charge in [-0.2, -0.15) is 4.31 Å². The van der Waals surface area contributed by atoms with Crippen molar-refractivity contribution >= 4 is 15.9 Å². The van der Waals surface area contributed by atoms with E-state index in [1.54, 1.807) is 32.2 Å². The average Bonchev–Trinajstić information content (AvgIpc) is 2.73. The topological polar surface area (TPSA) is 75.7 Å². The second kappa shape index (κ2) is 8.55. The number of carbonyl (C=O) groups excluding carboxylic acids is 1. The van der Waals surface area contributed by atoms with Gasteiger partial charge in [-0.25, -0.2) is 8.42 Å². The molecule has 2 aromatic rings. The Kier molecular flexibility index (Phi) is 6.29. The van der Waals surface area contributed by atoms with E-state index in [0.717, 1.165) is 16.9 Å². The first kappa shape index (κ1) is 21.3. The summed E-state index contributed by atoms with van der Waals surface area (Å²) in [6, 6.07) is 14.6. The van der Waals surface area contributed by atoms with Crippen LogP contribution in [0.3, 0.4) is 0 Å². The number of nitrogens with one attached hydrogen (secondary N) is 1. The summed E-state index contributed by atoms with van der Waals surface area (Å²) in [4.78, 5) is 13.1. The third kappa shape index (κ3) is 4.62. The minimum Gasteiger partial charge on any atom is -0.497 e. The maximum atomic E-state index is 13.0. The van der Waals surface area contributed by atoms with Crippen molar-refractivity contribution in [1.29, 1.82) is 0 Å². The first-order chi connectivity index (χ1) is 13.8. The first-order valence-electron chi connectivity index (χ1n) is 9.73. The minimum atomic E-state index is -3.54. The number of ether oxygens (including phenoxy) is 1. The monoisotopic (exact) mass is 416 g/mol. The predicted molar refractivity (Wildman–Crippen MR) is 112 cm³/mol. The summed E-state index contributed by atoms with van der Waals surface area (Å²) >= 11 is 0. The number of hydrogen-bond donors (Lipinski definition) is 1. The lowest BCUT2D eigenvalue weighted by molar-refractivity contribution is -0.132. The number of amides is 1. The highest BCUT2D eigenvalue weighted by Crippen LogP contribution is 2.34. The van der Waals surface area contributed by atoms with Crippen molar-refractivity contribution in [1.82, 2.24) is 9.62 Å². The van der Waals surface area contributed by atoms with E-state index in [1.807, 2.05) is 37.3 Å². The van der Waals surface area contributed by atoms with Crippen LogP contribution in [0.25, 0.3) is 0 Å². The summed E-state index contributed by atoms with van der Waals surface area (Å²) in [6.07, 6.45) is 0.985. The lowest BCUT2D eigenvalue weighted by atomic mass is 9.80. The Bertz CT molecular complexity index is 963. The maximum Gasteiger partial charge on any atom is 0.243 e. The van der Waals surface area contributed by atoms with Crippen molar-refractivity contribution in [2.24, 2.45) is 5.41 Å². The summed E-state index contributed by atoms with van der Waals surface area (Å²) in [6.45, 7) is 4.82. The van der Waals surface area contributed by atoms with Gasteiger partial charge in [0.05, 0.1) is 12.0 Å². The fraction of sp³-hybridized carbons (Fsp3) is 0.409. The number of nitrogens with zero attached hydrogens (tertiary/aromatic N) is 1. The fourth-order valence-electron chi connectivity index (χ4n) is 3.57. The second-order valence-electron chi connectivity index (χ2n) is 7.76. The number of rotatable bonds is 6. The van der Waals surface area contributed by atoms with Crippen LogP contribution in [0.15, 0.2) is 53.4 Å². The second-order valence-corrected chi connectivity index (χ2v) is 9.67. The van der Waals surface area contributed by atoms with E-state index in [1.165, 1.54) is 4.31 Å². The number of hydrogen-bond acceptors (Lipinski definition) is 4. The zero-order valence-electron chi connectivity index (χ0n) is 17.1. The summed E-state index contributed by atoms with van der Waals surface area (Å²) < 4.78 is 32.6. The highest BCUT2D eigenvalue weighted by Gasteiger charge is 2.40. The standard InChI is InChI=1S/C22H28N2O4S/c1-17-6-4-5-7-20(17)29(26,27)24-14-12-22(2,13-15-24)21(25)23-16-18-8-10-19(28-3)11-9-18/h4-11H,12-16H2,1-3H3,(H,23,25). The fourth-order valence-corrected chi connectivity index (χ4v) is 5.24. The quantitative estimate of drug-likeness (QED) is 0.785. The van der Waals surface area contributed by atoms with Crippen LogP contribution in [0.5, 0.6) is 5.75 Å². The van der Waals surface area contributed by atoms with E-state index >= 15 is 0 Å². The van der Waals surface area contributed by atoms with Crippen LogP contribution in [-0.2, 0) is 21.4 Å². The number of sulfonamides is 1. The van der Waals surface area contributed by atoms with Gasteiger partial charge in [0.15, 0.2) is 0 Å². The molecule has 1 aliphatic rings. The Morgan fingerprint density at radius 1 is 1.10 bits per heavy atom. The van der Waals surface area contributed by atoms with E-state index in [-0.39, 0.29) is 5.91 Å².